The fraction of sp³-hybridized carbons (Fsp3) is 0.143. The second-order valence-electron chi connectivity index (χ2n) is 8.57. The molecule has 188 valence electrons. The molecule has 0 aliphatic carbocycles. The summed E-state index contributed by atoms with van der Waals surface area (Å²) in [5.74, 6) is 0.514. The molecule has 5 rings (SSSR count). The summed E-state index contributed by atoms with van der Waals surface area (Å²) in [6, 6.07) is 21.7. The lowest BCUT2D eigenvalue weighted by Crippen LogP contribution is -2.13. The zero-order chi connectivity index (χ0) is 26.0. The summed E-state index contributed by atoms with van der Waals surface area (Å²) in [4.78, 5) is 4.55. The highest BCUT2D eigenvalue weighted by molar-refractivity contribution is 7.90. The van der Waals surface area contributed by atoms with Crippen molar-refractivity contribution in [3.05, 3.63) is 101 Å². The molecule has 0 amide bonds. The number of oxime groups is 1. The second-order valence-corrected chi connectivity index (χ2v) is 10.4. The summed E-state index contributed by atoms with van der Waals surface area (Å²) in [7, 11) is -2.47. The van der Waals surface area contributed by atoms with Gasteiger partial charge in [0.2, 0.25) is 0 Å². The van der Waals surface area contributed by atoms with E-state index in [1.54, 1.807) is 36.4 Å². The van der Waals surface area contributed by atoms with Crippen LogP contribution in [0.4, 0.5) is 0 Å². The number of methoxy groups -OCH3 is 1. The Kier molecular flexibility index (Phi) is 6.64. The van der Waals surface area contributed by atoms with Gasteiger partial charge in [-0.2, -0.15) is 0 Å². The van der Waals surface area contributed by atoms with Crippen LogP contribution in [0.1, 0.15) is 22.4 Å². The maximum absolute atomic E-state index is 14.0. The monoisotopic (exact) mass is 515 g/mol. The van der Waals surface area contributed by atoms with Gasteiger partial charge in [-0.15, -0.1) is 0 Å². The molecule has 3 aromatic carbocycles. The molecule has 0 atom stereocenters. The molecule has 0 saturated carbocycles. The molecule has 0 radical (unpaired) electrons. The second kappa shape index (κ2) is 10.0. The highest BCUT2D eigenvalue weighted by Crippen LogP contribution is 2.40. The average Bonchev–Trinajstić information content (AvgIpc) is 3.26. The Morgan fingerprint density at radius 1 is 0.946 bits per heavy atom. The molecule has 5 aromatic rings. The van der Waals surface area contributed by atoms with Crippen LogP contribution >= 0.6 is 0 Å². The number of rotatable bonds is 8. The van der Waals surface area contributed by atoms with Crippen LogP contribution in [0.2, 0.25) is 0 Å². The number of benzene rings is 3. The van der Waals surface area contributed by atoms with E-state index in [2.05, 4.69) is 10.1 Å². The van der Waals surface area contributed by atoms with Crippen molar-refractivity contribution in [1.82, 2.24) is 8.96 Å². The fourth-order valence-electron chi connectivity index (χ4n) is 4.45. The van der Waals surface area contributed by atoms with Crippen molar-refractivity contribution in [2.75, 3.05) is 7.11 Å². The zero-order valence-corrected chi connectivity index (χ0v) is 21.1. The lowest BCUT2D eigenvalue weighted by molar-refractivity contribution is 0.185. The SMILES string of the molecule is COCc1c(C=NO)ncc2c1c1c(OCc3ccccc3)cccc1n2S(=O)(=O)c1ccc(C)cc1. The quantitative estimate of drug-likeness (QED) is 0.172. The van der Waals surface area contributed by atoms with Gasteiger partial charge < -0.3 is 14.7 Å². The number of aryl methyl sites for hydroxylation is 1. The number of hydrogen-bond acceptors (Lipinski definition) is 7. The molecule has 0 bridgehead atoms. The van der Waals surface area contributed by atoms with Crippen LogP contribution < -0.4 is 4.74 Å². The van der Waals surface area contributed by atoms with Crippen LogP contribution in [0.5, 0.6) is 5.75 Å². The van der Waals surface area contributed by atoms with E-state index in [1.807, 2.05) is 43.3 Å². The molecule has 0 fully saturated rings. The van der Waals surface area contributed by atoms with Crippen LogP contribution in [0.15, 0.2) is 89.0 Å². The minimum atomic E-state index is -4.01. The van der Waals surface area contributed by atoms with E-state index >= 15 is 0 Å². The van der Waals surface area contributed by atoms with Crippen molar-refractivity contribution in [1.29, 1.82) is 0 Å². The number of ether oxygens (including phenoxy) is 2. The van der Waals surface area contributed by atoms with E-state index in [9.17, 15) is 13.6 Å². The van der Waals surface area contributed by atoms with E-state index in [1.165, 1.54) is 23.5 Å². The van der Waals surface area contributed by atoms with Crippen molar-refractivity contribution in [2.45, 2.75) is 25.0 Å². The molecule has 2 heterocycles. The summed E-state index contributed by atoms with van der Waals surface area (Å²) < 4.78 is 41.0. The topological polar surface area (TPSA) is 103 Å². The molecule has 37 heavy (non-hydrogen) atoms. The predicted molar refractivity (Wildman–Crippen MR) is 142 cm³/mol. The Balaban J connectivity index is 1.84. The van der Waals surface area contributed by atoms with E-state index in [4.69, 9.17) is 9.47 Å². The van der Waals surface area contributed by atoms with Crippen molar-refractivity contribution < 1.29 is 23.1 Å². The first-order chi connectivity index (χ1) is 18.0. The molecular formula is C28H25N3O5S. The molecular weight excluding hydrogens is 490 g/mol. The molecule has 1 N–H and O–H groups in total. The number of nitrogens with zero attached hydrogens (tertiary/aromatic N) is 3. The largest absolute Gasteiger partial charge is 0.488 e. The molecule has 8 nitrogen and oxygen atoms in total. The summed E-state index contributed by atoms with van der Waals surface area (Å²) in [6.07, 6.45) is 2.68. The first-order valence-corrected chi connectivity index (χ1v) is 13.0. The maximum atomic E-state index is 14.0. The van der Waals surface area contributed by atoms with Gasteiger partial charge in [0.25, 0.3) is 10.0 Å². The van der Waals surface area contributed by atoms with Crippen LogP contribution in [0.3, 0.4) is 0 Å². The Labute approximate surface area is 214 Å². The standard InChI is InChI=1S/C28H25N3O5S/c1-19-11-13-21(14-12-19)37(33,34)31-24-9-6-10-26(36-17-20-7-4-3-5-8-20)28(24)27-22(18-35-2)23(15-30-32)29-16-25(27)31/h3-16,32H,17-18H2,1-2H3. The third-order valence-corrected chi connectivity index (χ3v) is 7.89. The molecule has 0 saturated heterocycles. The predicted octanol–water partition coefficient (Wildman–Crippen LogP) is 5.27. The zero-order valence-electron chi connectivity index (χ0n) is 20.3. The molecule has 0 aliphatic rings. The average molecular weight is 516 g/mol. The number of hydrogen-bond donors (Lipinski definition) is 1. The first-order valence-electron chi connectivity index (χ1n) is 11.6. The van der Waals surface area contributed by atoms with Gasteiger partial charge >= 0.3 is 0 Å². The first kappa shape index (κ1) is 24.5. The Hall–Kier alpha value is -4.21. The van der Waals surface area contributed by atoms with Gasteiger partial charge in [0.05, 0.1) is 46.0 Å². The van der Waals surface area contributed by atoms with Gasteiger partial charge in [0.15, 0.2) is 0 Å². The van der Waals surface area contributed by atoms with E-state index in [-0.39, 0.29) is 11.5 Å². The normalized spacial score (nSPS) is 12.1. The Morgan fingerprint density at radius 3 is 2.41 bits per heavy atom. The molecule has 0 unspecified atom stereocenters. The van der Waals surface area contributed by atoms with Gasteiger partial charge in [-0.3, -0.25) is 4.98 Å². The number of fused-ring (bicyclic) bond motifs is 3. The lowest BCUT2D eigenvalue weighted by atomic mass is 10.1. The highest BCUT2D eigenvalue weighted by atomic mass is 32.2. The minimum absolute atomic E-state index is 0.113. The molecule has 0 aliphatic heterocycles. The summed E-state index contributed by atoms with van der Waals surface area (Å²) in [5.41, 5.74) is 3.68. The molecule has 9 heteroatoms. The van der Waals surface area contributed by atoms with Crippen LogP contribution in [0, 0.1) is 6.92 Å². The Morgan fingerprint density at radius 2 is 1.70 bits per heavy atom. The van der Waals surface area contributed by atoms with Crippen molar-refractivity contribution in [3.63, 3.8) is 0 Å². The van der Waals surface area contributed by atoms with Crippen molar-refractivity contribution in [2.24, 2.45) is 5.16 Å². The minimum Gasteiger partial charge on any atom is -0.488 e. The molecule has 0 spiro atoms. The van der Waals surface area contributed by atoms with Crippen LogP contribution in [-0.2, 0) is 28.0 Å². The van der Waals surface area contributed by atoms with Crippen LogP contribution in [-0.4, -0.2) is 35.9 Å². The van der Waals surface area contributed by atoms with Crippen LogP contribution in [0.25, 0.3) is 21.8 Å². The summed E-state index contributed by atoms with van der Waals surface area (Å²) in [5, 5.41) is 13.6. The Bertz CT molecular complexity index is 1710. The van der Waals surface area contributed by atoms with E-state index in [0.717, 1.165) is 11.1 Å². The third kappa shape index (κ3) is 4.43. The fourth-order valence-corrected chi connectivity index (χ4v) is 5.94. The lowest BCUT2D eigenvalue weighted by Gasteiger charge is -2.11. The summed E-state index contributed by atoms with van der Waals surface area (Å²) >= 11 is 0. The van der Waals surface area contributed by atoms with E-state index < -0.39 is 10.0 Å². The maximum Gasteiger partial charge on any atom is 0.268 e. The van der Waals surface area contributed by atoms with Gasteiger partial charge in [-0.1, -0.05) is 59.3 Å². The summed E-state index contributed by atoms with van der Waals surface area (Å²) in [6.45, 7) is 2.31. The third-order valence-electron chi connectivity index (χ3n) is 6.15. The van der Waals surface area contributed by atoms with Gasteiger partial charge in [0, 0.05) is 18.1 Å². The highest BCUT2D eigenvalue weighted by Gasteiger charge is 2.27. The van der Waals surface area contributed by atoms with Gasteiger partial charge in [-0.05, 0) is 36.8 Å². The smallest absolute Gasteiger partial charge is 0.268 e. The van der Waals surface area contributed by atoms with Gasteiger partial charge in [0.1, 0.15) is 12.4 Å². The number of pyridine rings is 1. The molecule has 2 aromatic heterocycles. The van der Waals surface area contributed by atoms with Gasteiger partial charge in [-0.25, -0.2) is 12.4 Å². The van der Waals surface area contributed by atoms with Crippen molar-refractivity contribution >= 4 is 38.0 Å². The van der Waals surface area contributed by atoms with Crippen molar-refractivity contribution in [3.8, 4) is 5.75 Å². The van der Waals surface area contributed by atoms with E-state index in [0.29, 0.717) is 45.4 Å². The number of aromatic nitrogens is 2.